The van der Waals surface area contributed by atoms with Gasteiger partial charge >= 0.3 is 0 Å². The standard InChI is InChI=1S/C18H18N4O4S/c1-2-11-19-16(23)12-7-9-13(10-8-12)20-18(27)21-17(24)14-5-3-4-6-15(14)22(25)26/h3-10H,2,11H2,1H3,(H,19,23)(H2,20,21,24,27). The van der Waals surface area contributed by atoms with Gasteiger partial charge in [0.05, 0.1) is 4.92 Å². The van der Waals surface area contributed by atoms with Crippen LogP contribution in [0.2, 0.25) is 0 Å². The van der Waals surface area contributed by atoms with Crippen LogP contribution in [-0.4, -0.2) is 28.4 Å². The molecule has 2 aromatic carbocycles. The lowest BCUT2D eigenvalue weighted by Gasteiger charge is -2.10. The van der Waals surface area contributed by atoms with Gasteiger partial charge in [-0.25, -0.2) is 0 Å². The van der Waals surface area contributed by atoms with Gasteiger partial charge in [0.1, 0.15) is 5.56 Å². The molecule has 2 amide bonds. The van der Waals surface area contributed by atoms with E-state index in [0.29, 0.717) is 17.8 Å². The summed E-state index contributed by atoms with van der Waals surface area (Å²) in [6.07, 6.45) is 0.846. The monoisotopic (exact) mass is 386 g/mol. The summed E-state index contributed by atoms with van der Waals surface area (Å²) in [5, 5.41) is 19.0. The second-order valence-corrected chi connectivity index (χ2v) is 5.92. The first kappa shape index (κ1) is 20.0. The third-order valence-electron chi connectivity index (χ3n) is 3.51. The minimum absolute atomic E-state index is 0.0127. The van der Waals surface area contributed by atoms with Crippen molar-refractivity contribution in [2.45, 2.75) is 13.3 Å². The predicted octanol–water partition coefficient (Wildman–Crippen LogP) is 2.86. The van der Waals surface area contributed by atoms with Crippen LogP contribution in [0.4, 0.5) is 11.4 Å². The molecule has 0 bridgehead atoms. The number of thiocarbonyl (C=S) groups is 1. The van der Waals surface area contributed by atoms with Gasteiger partial charge in [-0.1, -0.05) is 19.1 Å². The molecule has 2 rings (SSSR count). The van der Waals surface area contributed by atoms with E-state index >= 15 is 0 Å². The van der Waals surface area contributed by atoms with Gasteiger partial charge in [0, 0.05) is 23.9 Å². The summed E-state index contributed by atoms with van der Waals surface area (Å²) in [5.74, 6) is -0.856. The van der Waals surface area contributed by atoms with Crippen LogP contribution in [0.25, 0.3) is 0 Å². The van der Waals surface area contributed by atoms with Crippen molar-refractivity contribution < 1.29 is 14.5 Å². The number of carbonyl (C=O) groups is 2. The molecule has 0 spiro atoms. The minimum Gasteiger partial charge on any atom is -0.352 e. The number of carbonyl (C=O) groups excluding carboxylic acids is 2. The zero-order valence-corrected chi connectivity index (χ0v) is 15.3. The van der Waals surface area contributed by atoms with E-state index in [2.05, 4.69) is 16.0 Å². The van der Waals surface area contributed by atoms with Gasteiger partial charge in [-0.05, 0) is 49.0 Å². The van der Waals surface area contributed by atoms with E-state index in [0.717, 1.165) is 6.42 Å². The maximum Gasteiger partial charge on any atom is 0.282 e. The number of para-hydroxylation sites is 1. The van der Waals surface area contributed by atoms with Gasteiger partial charge in [-0.15, -0.1) is 0 Å². The quantitative estimate of drug-likeness (QED) is 0.400. The topological polar surface area (TPSA) is 113 Å². The molecule has 0 aliphatic carbocycles. The fourth-order valence-electron chi connectivity index (χ4n) is 2.20. The number of rotatable bonds is 6. The average molecular weight is 386 g/mol. The van der Waals surface area contributed by atoms with Crippen LogP contribution in [0.3, 0.4) is 0 Å². The molecule has 27 heavy (non-hydrogen) atoms. The van der Waals surface area contributed by atoms with E-state index in [-0.39, 0.29) is 22.3 Å². The van der Waals surface area contributed by atoms with E-state index in [1.54, 1.807) is 24.3 Å². The van der Waals surface area contributed by atoms with Crippen LogP contribution in [-0.2, 0) is 0 Å². The largest absolute Gasteiger partial charge is 0.352 e. The molecule has 2 aromatic rings. The summed E-state index contributed by atoms with van der Waals surface area (Å²) >= 11 is 5.07. The normalized spacial score (nSPS) is 9.96. The number of nitro benzene ring substituents is 1. The number of nitrogens with zero attached hydrogens (tertiary/aromatic N) is 1. The molecule has 0 saturated carbocycles. The Kier molecular flexibility index (Phi) is 6.95. The van der Waals surface area contributed by atoms with Gasteiger partial charge in [0.25, 0.3) is 17.5 Å². The molecule has 0 aromatic heterocycles. The van der Waals surface area contributed by atoms with Crippen LogP contribution >= 0.6 is 12.2 Å². The molecule has 0 atom stereocenters. The van der Waals surface area contributed by atoms with Crippen molar-refractivity contribution in [1.29, 1.82) is 0 Å². The Morgan fingerprint density at radius 3 is 2.37 bits per heavy atom. The minimum atomic E-state index is -0.685. The van der Waals surface area contributed by atoms with E-state index in [1.165, 1.54) is 24.3 Å². The molecule has 0 fully saturated rings. The van der Waals surface area contributed by atoms with Crippen molar-refractivity contribution in [3.63, 3.8) is 0 Å². The Labute approximate surface area is 161 Å². The SMILES string of the molecule is CCCNC(=O)c1ccc(NC(=S)NC(=O)c2ccccc2[N+](=O)[O-])cc1. The van der Waals surface area contributed by atoms with E-state index in [4.69, 9.17) is 12.2 Å². The van der Waals surface area contributed by atoms with Gasteiger partial charge in [-0.2, -0.15) is 0 Å². The van der Waals surface area contributed by atoms with Crippen LogP contribution in [0.1, 0.15) is 34.1 Å². The average Bonchev–Trinajstić information content (AvgIpc) is 2.66. The summed E-state index contributed by atoms with van der Waals surface area (Å²) in [6, 6.07) is 12.1. The van der Waals surface area contributed by atoms with E-state index in [9.17, 15) is 19.7 Å². The first-order chi connectivity index (χ1) is 12.9. The molecule has 8 nitrogen and oxygen atoms in total. The van der Waals surface area contributed by atoms with Crippen LogP contribution < -0.4 is 16.0 Å². The zero-order valence-electron chi connectivity index (χ0n) is 14.5. The molecule has 0 aliphatic rings. The predicted molar refractivity (Wildman–Crippen MR) is 106 cm³/mol. The Hall–Kier alpha value is -3.33. The maximum absolute atomic E-state index is 12.2. The van der Waals surface area contributed by atoms with Crippen molar-refractivity contribution in [2.24, 2.45) is 0 Å². The molecule has 0 heterocycles. The van der Waals surface area contributed by atoms with Gasteiger partial charge in [-0.3, -0.25) is 25.0 Å². The number of hydrogen-bond donors (Lipinski definition) is 3. The molecule has 9 heteroatoms. The molecule has 140 valence electrons. The highest BCUT2D eigenvalue weighted by Crippen LogP contribution is 2.17. The summed E-state index contributed by atoms with van der Waals surface area (Å²) in [6.45, 7) is 2.56. The molecule has 0 aliphatic heterocycles. The second kappa shape index (κ2) is 9.39. The number of hydrogen-bond acceptors (Lipinski definition) is 5. The molecular formula is C18H18N4O4S. The Morgan fingerprint density at radius 2 is 1.74 bits per heavy atom. The fourth-order valence-corrected chi connectivity index (χ4v) is 2.41. The first-order valence-electron chi connectivity index (χ1n) is 8.16. The number of benzene rings is 2. The van der Waals surface area contributed by atoms with E-state index in [1.807, 2.05) is 6.92 Å². The van der Waals surface area contributed by atoms with Gasteiger partial charge in [0.15, 0.2) is 5.11 Å². The molecule has 3 N–H and O–H groups in total. The summed E-state index contributed by atoms with van der Waals surface area (Å²) in [4.78, 5) is 34.4. The van der Waals surface area contributed by atoms with Crippen molar-refractivity contribution in [2.75, 3.05) is 11.9 Å². The molecule has 0 saturated heterocycles. The number of nitrogens with one attached hydrogen (secondary N) is 3. The van der Waals surface area contributed by atoms with Gasteiger partial charge in [0.2, 0.25) is 0 Å². The summed E-state index contributed by atoms with van der Waals surface area (Å²) < 4.78 is 0. The van der Waals surface area contributed by atoms with Crippen LogP contribution in [0.15, 0.2) is 48.5 Å². The fraction of sp³-hybridized carbons (Fsp3) is 0.167. The number of amides is 2. The number of anilines is 1. The zero-order chi connectivity index (χ0) is 19.8. The first-order valence-corrected chi connectivity index (χ1v) is 8.57. The van der Waals surface area contributed by atoms with Crippen molar-refractivity contribution in [3.05, 3.63) is 69.8 Å². The lowest BCUT2D eigenvalue weighted by atomic mass is 10.1. The second-order valence-electron chi connectivity index (χ2n) is 5.52. The highest BCUT2D eigenvalue weighted by molar-refractivity contribution is 7.80. The Balaban J connectivity index is 1.99. The van der Waals surface area contributed by atoms with Crippen molar-refractivity contribution in [1.82, 2.24) is 10.6 Å². The smallest absolute Gasteiger partial charge is 0.282 e. The van der Waals surface area contributed by atoms with Crippen molar-refractivity contribution >= 4 is 40.5 Å². The summed E-state index contributed by atoms with van der Waals surface area (Å²) in [7, 11) is 0. The van der Waals surface area contributed by atoms with Crippen molar-refractivity contribution in [3.8, 4) is 0 Å². The third-order valence-corrected chi connectivity index (χ3v) is 3.72. The van der Waals surface area contributed by atoms with Gasteiger partial charge < -0.3 is 10.6 Å². The highest BCUT2D eigenvalue weighted by Gasteiger charge is 2.19. The van der Waals surface area contributed by atoms with Crippen LogP contribution in [0, 0.1) is 10.1 Å². The molecular weight excluding hydrogens is 368 g/mol. The highest BCUT2D eigenvalue weighted by atomic mass is 32.1. The lowest BCUT2D eigenvalue weighted by molar-refractivity contribution is -0.385. The third kappa shape index (κ3) is 5.58. The maximum atomic E-state index is 12.2. The van der Waals surface area contributed by atoms with E-state index < -0.39 is 10.8 Å². The van der Waals surface area contributed by atoms with Crippen LogP contribution in [0.5, 0.6) is 0 Å². The molecule has 0 radical (unpaired) electrons. The Morgan fingerprint density at radius 1 is 1.07 bits per heavy atom. The number of nitro groups is 1. The Bertz CT molecular complexity index is 868. The summed E-state index contributed by atoms with van der Waals surface area (Å²) in [5.41, 5.74) is 0.675. The molecule has 0 unspecified atom stereocenters. The lowest BCUT2D eigenvalue weighted by Crippen LogP contribution is -2.34.